The Morgan fingerprint density at radius 3 is 1.79 bits per heavy atom. The summed E-state index contributed by atoms with van der Waals surface area (Å²) in [5, 5.41) is 21.7. The summed E-state index contributed by atoms with van der Waals surface area (Å²) in [6, 6.07) is 10.7. The number of hydrogen-bond donors (Lipinski definition) is 0. The summed E-state index contributed by atoms with van der Waals surface area (Å²) in [4.78, 5) is 49.6. The van der Waals surface area contributed by atoms with Crippen LogP contribution < -0.4 is 0 Å². The fourth-order valence-corrected chi connectivity index (χ4v) is 6.11. The number of hydrogen-bond acceptors (Lipinski definition) is 11. The average molecular weight is 621 g/mol. The van der Waals surface area contributed by atoms with Crippen molar-refractivity contribution >= 4 is 33.7 Å². The maximum Gasteiger partial charge on any atom is 0.410 e. The van der Waals surface area contributed by atoms with Gasteiger partial charge < -0.3 is 19.3 Å². The minimum absolute atomic E-state index is 0.0000976. The molecule has 4 rings (SSSR count). The van der Waals surface area contributed by atoms with Crippen LogP contribution in [0.4, 0.5) is 21.0 Å². The van der Waals surface area contributed by atoms with E-state index in [0.717, 1.165) is 6.26 Å². The summed E-state index contributed by atoms with van der Waals surface area (Å²) in [6.45, 7) is 2.06. The predicted molar refractivity (Wildman–Crippen MR) is 150 cm³/mol. The normalized spacial score (nSPS) is 21.9. The number of benzene rings is 2. The van der Waals surface area contributed by atoms with Gasteiger partial charge in [-0.25, -0.2) is 9.59 Å². The van der Waals surface area contributed by atoms with Crippen LogP contribution in [-0.4, -0.2) is 77.8 Å². The van der Waals surface area contributed by atoms with E-state index >= 15 is 0 Å². The van der Waals surface area contributed by atoms with Crippen LogP contribution in [0.5, 0.6) is 0 Å². The van der Waals surface area contributed by atoms with Crippen LogP contribution in [0.15, 0.2) is 48.5 Å². The smallest absolute Gasteiger partial charge is 0.410 e. The standard InChI is InChI=1S/C27H32N4O11S/c1-18-11-21(14-28(18)26(32)40-16-19-3-7-22(8-4-19)30(34)35)12-24-13-25(42-43(2,38)39)15-29(24)27(33)41-17-20-5-9-23(10-6-20)31(36)37/h3-10,18,21,24-25H,11-17H2,1-2H3/t18-,21+,24-,25-/m1/s1. The topological polar surface area (TPSA) is 189 Å². The second kappa shape index (κ2) is 13.3. The summed E-state index contributed by atoms with van der Waals surface area (Å²) < 4.78 is 39.6. The van der Waals surface area contributed by atoms with Gasteiger partial charge in [0, 0.05) is 42.9 Å². The minimum Gasteiger partial charge on any atom is -0.445 e. The number of nitro benzene ring substituents is 2. The minimum atomic E-state index is -3.78. The molecule has 2 saturated heterocycles. The Morgan fingerprint density at radius 2 is 1.33 bits per heavy atom. The lowest BCUT2D eigenvalue weighted by Gasteiger charge is -2.26. The van der Waals surface area contributed by atoms with Gasteiger partial charge in [-0.1, -0.05) is 0 Å². The van der Waals surface area contributed by atoms with Crippen molar-refractivity contribution in [1.82, 2.24) is 9.80 Å². The molecule has 2 aromatic rings. The SMILES string of the molecule is C[C@@H]1C[C@@H](C[C@@H]2C[C@@H](OS(C)(=O)=O)CN2C(=O)OCc2ccc([N+](=O)[O-])cc2)CN1C(=O)OCc1ccc([N+](=O)[O-])cc1. The number of non-ortho nitro benzene ring substituents is 2. The highest BCUT2D eigenvalue weighted by Crippen LogP contribution is 2.33. The van der Waals surface area contributed by atoms with Crippen molar-refractivity contribution in [2.45, 2.75) is 57.6 Å². The van der Waals surface area contributed by atoms with Gasteiger partial charge in [-0.15, -0.1) is 0 Å². The lowest BCUT2D eigenvalue weighted by molar-refractivity contribution is -0.385. The molecule has 15 nitrogen and oxygen atoms in total. The quantitative estimate of drug-likeness (QED) is 0.212. The van der Waals surface area contributed by atoms with Gasteiger partial charge in [0.2, 0.25) is 0 Å². The van der Waals surface area contributed by atoms with Gasteiger partial charge in [-0.05, 0) is 67.5 Å². The second-order valence-corrected chi connectivity index (χ2v) is 12.4. The molecule has 0 aliphatic carbocycles. The number of carbonyl (C=O) groups is 2. The van der Waals surface area contributed by atoms with Gasteiger partial charge in [0.15, 0.2) is 0 Å². The Kier molecular flexibility index (Phi) is 9.80. The van der Waals surface area contributed by atoms with Crippen LogP contribution in [0.25, 0.3) is 0 Å². The molecule has 2 aromatic carbocycles. The highest BCUT2D eigenvalue weighted by atomic mass is 32.2. The van der Waals surface area contributed by atoms with Crippen molar-refractivity contribution in [3.05, 3.63) is 79.9 Å². The van der Waals surface area contributed by atoms with E-state index in [1.165, 1.54) is 53.4 Å². The number of amides is 2. The Bertz CT molecular complexity index is 1450. The molecule has 0 aromatic heterocycles. The second-order valence-electron chi connectivity index (χ2n) is 10.8. The highest BCUT2D eigenvalue weighted by Gasteiger charge is 2.42. The zero-order valence-electron chi connectivity index (χ0n) is 23.6. The van der Waals surface area contributed by atoms with E-state index in [4.69, 9.17) is 13.7 Å². The third kappa shape index (κ3) is 8.61. The van der Waals surface area contributed by atoms with E-state index in [0.29, 0.717) is 30.5 Å². The maximum absolute atomic E-state index is 13.1. The molecule has 2 aliphatic rings. The highest BCUT2D eigenvalue weighted by molar-refractivity contribution is 7.86. The molecule has 0 bridgehead atoms. The molecule has 0 unspecified atom stereocenters. The molecule has 0 saturated carbocycles. The van der Waals surface area contributed by atoms with E-state index in [1.54, 1.807) is 4.90 Å². The lowest BCUT2D eigenvalue weighted by atomic mass is 9.96. The lowest BCUT2D eigenvalue weighted by Crippen LogP contribution is -2.38. The molecule has 2 fully saturated rings. The number of nitrogens with zero attached hydrogens (tertiary/aromatic N) is 4. The van der Waals surface area contributed by atoms with Gasteiger partial charge in [0.05, 0.1) is 28.8 Å². The first-order chi connectivity index (χ1) is 20.3. The molecular formula is C27H32N4O11S. The van der Waals surface area contributed by atoms with Gasteiger partial charge in [-0.3, -0.25) is 24.4 Å². The van der Waals surface area contributed by atoms with Crippen molar-refractivity contribution in [1.29, 1.82) is 0 Å². The van der Waals surface area contributed by atoms with Crippen molar-refractivity contribution in [2.75, 3.05) is 19.3 Å². The fraction of sp³-hybridized carbons (Fsp3) is 0.481. The van der Waals surface area contributed by atoms with Crippen molar-refractivity contribution in [3.63, 3.8) is 0 Å². The van der Waals surface area contributed by atoms with E-state index in [2.05, 4.69) is 0 Å². The summed E-state index contributed by atoms with van der Waals surface area (Å²) >= 11 is 0. The Balaban J connectivity index is 1.35. The van der Waals surface area contributed by atoms with Gasteiger partial charge in [0.1, 0.15) is 13.2 Å². The molecule has 4 atom stereocenters. The van der Waals surface area contributed by atoms with Crippen LogP contribution in [0.1, 0.15) is 37.3 Å². The molecule has 16 heteroatoms. The van der Waals surface area contributed by atoms with Crippen molar-refractivity contribution in [2.24, 2.45) is 5.92 Å². The zero-order chi connectivity index (χ0) is 31.3. The summed E-state index contributed by atoms with van der Waals surface area (Å²) in [5.41, 5.74) is 0.996. The van der Waals surface area contributed by atoms with Gasteiger partial charge in [-0.2, -0.15) is 8.42 Å². The van der Waals surface area contributed by atoms with Crippen molar-refractivity contribution in [3.8, 4) is 0 Å². The summed E-state index contributed by atoms with van der Waals surface area (Å²) in [7, 11) is -3.78. The summed E-state index contributed by atoms with van der Waals surface area (Å²) in [5.74, 6) is -0.0196. The van der Waals surface area contributed by atoms with E-state index in [1.807, 2.05) is 6.92 Å². The Labute approximate surface area is 247 Å². The monoisotopic (exact) mass is 620 g/mol. The van der Waals surface area contributed by atoms with Crippen LogP contribution in [0, 0.1) is 26.1 Å². The van der Waals surface area contributed by atoms with E-state index in [9.17, 15) is 38.2 Å². The van der Waals surface area contributed by atoms with Crippen LogP contribution in [-0.2, 0) is 37.0 Å². The Hall–Kier alpha value is -4.31. The van der Waals surface area contributed by atoms with Gasteiger partial charge in [0.25, 0.3) is 21.5 Å². The number of rotatable bonds is 10. The first-order valence-corrected chi connectivity index (χ1v) is 15.3. The summed E-state index contributed by atoms with van der Waals surface area (Å²) in [6.07, 6.45) is 0.337. The largest absolute Gasteiger partial charge is 0.445 e. The van der Waals surface area contributed by atoms with Gasteiger partial charge >= 0.3 is 12.2 Å². The van der Waals surface area contributed by atoms with E-state index < -0.39 is 44.3 Å². The number of ether oxygens (including phenoxy) is 2. The molecule has 2 amide bonds. The van der Waals surface area contributed by atoms with Crippen LogP contribution in [0.3, 0.4) is 0 Å². The average Bonchev–Trinajstić information content (AvgIpc) is 3.51. The van der Waals surface area contributed by atoms with Crippen LogP contribution in [0.2, 0.25) is 0 Å². The number of nitro groups is 2. The first-order valence-electron chi connectivity index (χ1n) is 13.5. The predicted octanol–water partition coefficient (Wildman–Crippen LogP) is 4.00. The molecule has 0 spiro atoms. The molecule has 2 aliphatic heterocycles. The molecular weight excluding hydrogens is 588 g/mol. The molecule has 0 N–H and O–H groups in total. The number of carbonyl (C=O) groups excluding carboxylic acids is 2. The zero-order valence-corrected chi connectivity index (χ0v) is 24.4. The van der Waals surface area contributed by atoms with Crippen molar-refractivity contribution < 1.29 is 41.5 Å². The Morgan fingerprint density at radius 1 is 0.837 bits per heavy atom. The third-order valence-corrected chi connectivity index (χ3v) is 8.06. The third-order valence-electron chi connectivity index (χ3n) is 7.44. The fourth-order valence-electron chi connectivity index (χ4n) is 5.47. The molecule has 2 heterocycles. The van der Waals surface area contributed by atoms with Crippen LogP contribution >= 0.6 is 0 Å². The molecule has 0 radical (unpaired) electrons. The molecule has 43 heavy (non-hydrogen) atoms. The number of likely N-dealkylation sites (tertiary alicyclic amines) is 2. The first kappa shape index (κ1) is 31.6. The molecule has 232 valence electrons. The van der Waals surface area contributed by atoms with E-state index in [-0.39, 0.29) is 49.5 Å². The maximum atomic E-state index is 13.1.